The zero-order valence-corrected chi connectivity index (χ0v) is 19.6. The summed E-state index contributed by atoms with van der Waals surface area (Å²) >= 11 is 0. The maximum atomic E-state index is 6.27. The lowest BCUT2D eigenvalue weighted by atomic mass is 9.96. The van der Waals surface area contributed by atoms with Crippen LogP contribution in [0.4, 0.5) is 17.1 Å². The zero-order chi connectivity index (χ0) is 23.9. The third-order valence-electron chi connectivity index (χ3n) is 6.84. The van der Waals surface area contributed by atoms with E-state index in [1.807, 2.05) is 12.1 Å². The summed E-state index contributed by atoms with van der Waals surface area (Å²) in [6, 6.07) is 49.0. The molecule has 0 aliphatic rings. The molecular formula is C34H23NO. The molecule has 0 bridgehead atoms. The molecule has 0 atom stereocenters. The van der Waals surface area contributed by atoms with Crippen LogP contribution in [0.3, 0.4) is 0 Å². The van der Waals surface area contributed by atoms with Crippen molar-refractivity contribution in [2.75, 3.05) is 4.90 Å². The number of hydrogen-bond donors (Lipinski definition) is 0. The summed E-state index contributed by atoms with van der Waals surface area (Å²) in [5, 5.41) is 4.70. The highest BCUT2D eigenvalue weighted by atomic mass is 16.3. The zero-order valence-electron chi connectivity index (χ0n) is 19.6. The first-order chi connectivity index (χ1) is 17.9. The molecule has 0 unspecified atom stereocenters. The SMILES string of the molecule is c1ccc(-c2cccc3cccc(N(c4ccccc4)c4ccc5c(c4)oc4ccccc45)c23)cc1. The van der Waals surface area contributed by atoms with E-state index >= 15 is 0 Å². The highest BCUT2D eigenvalue weighted by Gasteiger charge is 2.19. The van der Waals surface area contributed by atoms with Gasteiger partial charge in [-0.3, -0.25) is 0 Å². The highest BCUT2D eigenvalue weighted by molar-refractivity contribution is 6.09. The summed E-state index contributed by atoms with van der Waals surface area (Å²) < 4.78 is 6.27. The molecule has 1 heterocycles. The predicted octanol–water partition coefficient (Wildman–Crippen LogP) is 9.88. The van der Waals surface area contributed by atoms with Gasteiger partial charge in [0.25, 0.3) is 0 Å². The molecule has 0 radical (unpaired) electrons. The minimum absolute atomic E-state index is 0.887. The monoisotopic (exact) mass is 461 g/mol. The number of anilines is 3. The smallest absolute Gasteiger partial charge is 0.137 e. The van der Waals surface area contributed by atoms with Gasteiger partial charge in [0.2, 0.25) is 0 Å². The Kier molecular flexibility index (Phi) is 4.82. The van der Waals surface area contributed by atoms with Crippen molar-refractivity contribution < 1.29 is 4.42 Å². The van der Waals surface area contributed by atoms with Crippen molar-refractivity contribution in [3.05, 3.63) is 140 Å². The van der Waals surface area contributed by atoms with E-state index in [4.69, 9.17) is 4.42 Å². The summed E-state index contributed by atoms with van der Waals surface area (Å²) in [5.74, 6) is 0. The molecule has 0 spiro atoms. The van der Waals surface area contributed by atoms with Crippen molar-refractivity contribution in [3.8, 4) is 11.1 Å². The Morgan fingerprint density at radius 3 is 2.00 bits per heavy atom. The first-order valence-corrected chi connectivity index (χ1v) is 12.2. The Bertz CT molecular complexity index is 1830. The molecule has 0 saturated carbocycles. The molecule has 2 heteroatoms. The molecule has 6 aromatic carbocycles. The summed E-state index contributed by atoms with van der Waals surface area (Å²) in [4.78, 5) is 2.33. The summed E-state index contributed by atoms with van der Waals surface area (Å²) in [6.07, 6.45) is 0. The average Bonchev–Trinajstić information content (AvgIpc) is 3.32. The molecule has 0 saturated heterocycles. The van der Waals surface area contributed by atoms with Crippen molar-refractivity contribution in [2.45, 2.75) is 0 Å². The van der Waals surface area contributed by atoms with Crippen LogP contribution in [-0.4, -0.2) is 0 Å². The Morgan fingerprint density at radius 2 is 1.17 bits per heavy atom. The standard InChI is InChI=1S/C34H23NO/c1-3-11-24(12-4-1)28-18-9-13-25-14-10-19-31(34(25)28)35(26-15-5-2-6-16-26)27-21-22-30-29-17-7-8-20-32(29)36-33(30)23-27/h1-23H. The number of hydrogen-bond acceptors (Lipinski definition) is 2. The van der Waals surface area contributed by atoms with Gasteiger partial charge in [-0.15, -0.1) is 0 Å². The van der Waals surface area contributed by atoms with Crippen LogP contribution in [0.15, 0.2) is 144 Å². The second kappa shape index (κ2) is 8.44. The highest BCUT2D eigenvalue weighted by Crippen LogP contribution is 2.43. The molecule has 170 valence electrons. The molecule has 2 nitrogen and oxygen atoms in total. The molecule has 0 N–H and O–H groups in total. The van der Waals surface area contributed by atoms with Gasteiger partial charge in [-0.2, -0.15) is 0 Å². The van der Waals surface area contributed by atoms with Crippen molar-refractivity contribution in [3.63, 3.8) is 0 Å². The Balaban J connectivity index is 1.52. The molecule has 7 aromatic rings. The third-order valence-corrected chi connectivity index (χ3v) is 6.84. The topological polar surface area (TPSA) is 16.4 Å². The van der Waals surface area contributed by atoms with E-state index in [0.717, 1.165) is 39.0 Å². The van der Waals surface area contributed by atoms with Crippen molar-refractivity contribution >= 4 is 49.8 Å². The van der Waals surface area contributed by atoms with Gasteiger partial charge in [0.15, 0.2) is 0 Å². The van der Waals surface area contributed by atoms with Gasteiger partial charge in [-0.05, 0) is 52.9 Å². The first kappa shape index (κ1) is 20.5. The van der Waals surface area contributed by atoms with E-state index in [0.29, 0.717) is 0 Å². The molecule has 0 amide bonds. The lowest BCUT2D eigenvalue weighted by Gasteiger charge is -2.27. The van der Waals surface area contributed by atoms with Crippen LogP contribution in [-0.2, 0) is 0 Å². The minimum Gasteiger partial charge on any atom is -0.456 e. The van der Waals surface area contributed by atoms with Crippen LogP contribution in [0.1, 0.15) is 0 Å². The maximum absolute atomic E-state index is 6.27. The molecule has 7 rings (SSSR count). The number of fused-ring (bicyclic) bond motifs is 4. The van der Waals surface area contributed by atoms with Crippen molar-refractivity contribution in [1.29, 1.82) is 0 Å². The van der Waals surface area contributed by atoms with Gasteiger partial charge in [0.1, 0.15) is 11.2 Å². The molecule has 0 aliphatic carbocycles. The number of rotatable bonds is 4. The fourth-order valence-corrected chi connectivity index (χ4v) is 5.22. The minimum atomic E-state index is 0.887. The van der Waals surface area contributed by atoms with Gasteiger partial charge in [-0.25, -0.2) is 0 Å². The van der Waals surface area contributed by atoms with E-state index in [9.17, 15) is 0 Å². The Morgan fingerprint density at radius 1 is 0.472 bits per heavy atom. The van der Waals surface area contributed by atoms with Crippen molar-refractivity contribution in [1.82, 2.24) is 0 Å². The first-order valence-electron chi connectivity index (χ1n) is 12.2. The Labute approximate surface area is 209 Å². The predicted molar refractivity (Wildman–Crippen MR) is 151 cm³/mol. The molecule has 1 aromatic heterocycles. The average molecular weight is 462 g/mol. The molecular weight excluding hydrogens is 438 g/mol. The van der Waals surface area contributed by atoms with Gasteiger partial charge in [0.05, 0.1) is 5.69 Å². The van der Waals surface area contributed by atoms with Gasteiger partial charge in [0, 0.05) is 33.6 Å². The number of nitrogens with zero attached hydrogens (tertiary/aromatic N) is 1. The number of para-hydroxylation sites is 2. The van der Waals surface area contributed by atoms with Crippen LogP contribution in [0.25, 0.3) is 43.8 Å². The van der Waals surface area contributed by atoms with E-state index in [2.05, 4.69) is 132 Å². The molecule has 0 aliphatic heterocycles. The van der Waals surface area contributed by atoms with Crippen molar-refractivity contribution in [2.24, 2.45) is 0 Å². The quantitative estimate of drug-likeness (QED) is 0.259. The summed E-state index contributed by atoms with van der Waals surface area (Å²) in [5.41, 5.74) is 7.51. The number of furan rings is 1. The normalized spacial score (nSPS) is 11.3. The lowest BCUT2D eigenvalue weighted by molar-refractivity contribution is 0.669. The molecule has 36 heavy (non-hydrogen) atoms. The van der Waals surface area contributed by atoms with Crippen LogP contribution >= 0.6 is 0 Å². The second-order valence-corrected chi connectivity index (χ2v) is 9.00. The van der Waals surface area contributed by atoms with Gasteiger partial charge < -0.3 is 9.32 Å². The van der Waals surface area contributed by atoms with Crippen LogP contribution in [0, 0.1) is 0 Å². The van der Waals surface area contributed by atoms with E-state index in [1.54, 1.807) is 0 Å². The third kappa shape index (κ3) is 3.35. The van der Waals surface area contributed by atoms with Gasteiger partial charge >= 0.3 is 0 Å². The summed E-state index contributed by atoms with van der Waals surface area (Å²) in [6.45, 7) is 0. The number of benzene rings is 6. The largest absolute Gasteiger partial charge is 0.456 e. The van der Waals surface area contributed by atoms with E-state index < -0.39 is 0 Å². The second-order valence-electron chi connectivity index (χ2n) is 9.00. The van der Waals surface area contributed by atoms with E-state index in [1.165, 1.54) is 21.9 Å². The lowest BCUT2D eigenvalue weighted by Crippen LogP contribution is -2.10. The van der Waals surface area contributed by atoms with Gasteiger partial charge in [-0.1, -0.05) is 97.1 Å². The van der Waals surface area contributed by atoms with Crippen LogP contribution < -0.4 is 4.90 Å². The maximum Gasteiger partial charge on any atom is 0.137 e. The Hall–Kier alpha value is -4.82. The summed E-state index contributed by atoms with van der Waals surface area (Å²) in [7, 11) is 0. The molecule has 0 fully saturated rings. The van der Waals surface area contributed by atoms with E-state index in [-0.39, 0.29) is 0 Å². The fraction of sp³-hybridized carbons (Fsp3) is 0. The van der Waals surface area contributed by atoms with Crippen LogP contribution in [0.5, 0.6) is 0 Å². The van der Waals surface area contributed by atoms with Crippen LogP contribution in [0.2, 0.25) is 0 Å². The fourth-order valence-electron chi connectivity index (χ4n) is 5.22.